The zero-order valence-electron chi connectivity index (χ0n) is 20.0. The maximum absolute atomic E-state index is 12.8. The Kier molecular flexibility index (Phi) is 6.54. The van der Waals surface area contributed by atoms with Crippen molar-refractivity contribution in [2.45, 2.75) is 18.9 Å². The zero-order chi connectivity index (χ0) is 25.1. The molecule has 4 heterocycles. The Bertz CT molecular complexity index is 1400. The molecule has 0 unspecified atom stereocenters. The number of aromatic nitrogens is 4. The molecule has 4 aromatic rings. The lowest BCUT2D eigenvalue weighted by Gasteiger charge is -2.22. The van der Waals surface area contributed by atoms with Crippen LogP contribution >= 0.6 is 0 Å². The lowest BCUT2D eigenvalue weighted by atomic mass is 10.1. The number of hydrogen-bond donors (Lipinski definition) is 3. The number of pyridine rings is 1. The van der Waals surface area contributed by atoms with Gasteiger partial charge in [-0.25, -0.2) is 9.78 Å². The molecule has 1 saturated heterocycles. The number of anilines is 1. The lowest BCUT2D eigenvalue weighted by molar-refractivity contribution is 0.102. The molecule has 0 saturated carbocycles. The van der Waals surface area contributed by atoms with Gasteiger partial charge in [0.15, 0.2) is 11.5 Å². The average Bonchev–Trinajstić information content (AvgIpc) is 3.56. The van der Waals surface area contributed by atoms with Crippen LogP contribution in [-0.4, -0.2) is 58.5 Å². The Morgan fingerprint density at radius 1 is 1.14 bits per heavy atom. The van der Waals surface area contributed by atoms with E-state index in [1.807, 2.05) is 10.7 Å². The summed E-state index contributed by atoms with van der Waals surface area (Å²) in [4.78, 5) is 29.1. The summed E-state index contributed by atoms with van der Waals surface area (Å²) < 4.78 is 14.9. The molecular formula is C25H27N7O4. The van der Waals surface area contributed by atoms with E-state index in [0.717, 1.165) is 31.3 Å². The van der Waals surface area contributed by atoms with Gasteiger partial charge in [-0.2, -0.15) is 5.10 Å². The minimum Gasteiger partial charge on any atom is -0.493 e. The normalized spacial score (nSPS) is 13.9. The first-order valence-electron chi connectivity index (χ1n) is 11.7. The third-order valence-electron chi connectivity index (χ3n) is 6.16. The number of fused-ring (bicyclic) bond motifs is 1. The van der Waals surface area contributed by atoms with Crippen LogP contribution in [0.2, 0.25) is 0 Å². The summed E-state index contributed by atoms with van der Waals surface area (Å²) in [6, 6.07) is 8.71. The number of nitrogens with zero attached hydrogens (tertiary/aromatic N) is 4. The highest BCUT2D eigenvalue weighted by Crippen LogP contribution is 2.36. The van der Waals surface area contributed by atoms with E-state index in [2.05, 4.69) is 26.0 Å². The van der Waals surface area contributed by atoms with Gasteiger partial charge in [-0.15, -0.1) is 0 Å². The molecule has 2 amide bonds. The quantitative estimate of drug-likeness (QED) is 0.379. The minimum atomic E-state index is -0.297. The van der Waals surface area contributed by atoms with E-state index in [1.54, 1.807) is 56.1 Å². The van der Waals surface area contributed by atoms with Crippen LogP contribution in [0, 0.1) is 0 Å². The van der Waals surface area contributed by atoms with Crippen LogP contribution in [-0.2, 0) is 0 Å². The van der Waals surface area contributed by atoms with E-state index < -0.39 is 0 Å². The Labute approximate surface area is 207 Å². The second kappa shape index (κ2) is 10.1. The molecular weight excluding hydrogens is 462 g/mol. The van der Waals surface area contributed by atoms with Gasteiger partial charge >= 0.3 is 6.03 Å². The van der Waals surface area contributed by atoms with Crippen LogP contribution in [0.5, 0.6) is 17.2 Å². The van der Waals surface area contributed by atoms with Gasteiger partial charge in [0.25, 0.3) is 5.91 Å². The molecule has 186 valence electrons. The second-order valence-electron chi connectivity index (χ2n) is 8.43. The van der Waals surface area contributed by atoms with E-state index in [0.29, 0.717) is 40.2 Å². The topological polar surface area (TPSA) is 124 Å². The maximum atomic E-state index is 12.8. The van der Waals surface area contributed by atoms with Gasteiger partial charge in [-0.1, -0.05) is 0 Å². The van der Waals surface area contributed by atoms with Crippen molar-refractivity contribution in [1.29, 1.82) is 0 Å². The number of hydrogen-bond acceptors (Lipinski definition) is 7. The van der Waals surface area contributed by atoms with E-state index >= 15 is 0 Å². The Morgan fingerprint density at radius 3 is 2.75 bits per heavy atom. The van der Waals surface area contributed by atoms with Crippen molar-refractivity contribution < 1.29 is 19.1 Å². The van der Waals surface area contributed by atoms with E-state index in [9.17, 15) is 9.59 Å². The summed E-state index contributed by atoms with van der Waals surface area (Å²) in [5.74, 6) is 1.44. The predicted octanol–water partition coefficient (Wildman–Crippen LogP) is 3.40. The molecule has 0 aliphatic carbocycles. The average molecular weight is 490 g/mol. The standard InChI is InChI=1S/C25H27N7O4/c1-26-25(34)31-10-6-16-11-22(21(35-2)13-20(16)31)36-19-5-9-28-23(12-19)30-24(33)17-14-29-32(15-17)18-3-7-27-8-4-18/h5-6,9-15,18,27H,3-4,7-8H2,1-2H3,(H,26,34)(H,28,30,33). The molecule has 36 heavy (non-hydrogen) atoms. The van der Waals surface area contributed by atoms with Crippen LogP contribution in [0.1, 0.15) is 29.2 Å². The first-order valence-corrected chi connectivity index (χ1v) is 11.7. The first-order chi connectivity index (χ1) is 17.6. The van der Waals surface area contributed by atoms with Crippen molar-refractivity contribution in [3.05, 3.63) is 60.7 Å². The number of carbonyl (C=O) groups is 2. The molecule has 0 atom stereocenters. The molecule has 3 aromatic heterocycles. The molecule has 1 aromatic carbocycles. The predicted molar refractivity (Wildman–Crippen MR) is 134 cm³/mol. The number of piperidine rings is 1. The fourth-order valence-electron chi connectivity index (χ4n) is 4.26. The van der Waals surface area contributed by atoms with Crippen LogP contribution in [0.4, 0.5) is 10.6 Å². The van der Waals surface area contributed by atoms with E-state index in [-0.39, 0.29) is 11.9 Å². The molecule has 3 N–H and O–H groups in total. The number of benzene rings is 1. The van der Waals surface area contributed by atoms with Crippen LogP contribution in [0.3, 0.4) is 0 Å². The highest BCUT2D eigenvalue weighted by molar-refractivity contribution is 6.03. The van der Waals surface area contributed by atoms with Crippen molar-refractivity contribution in [1.82, 2.24) is 30.0 Å². The third kappa shape index (κ3) is 4.73. The van der Waals surface area contributed by atoms with Gasteiger partial charge < -0.3 is 25.4 Å². The molecule has 5 rings (SSSR count). The number of ether oxygens (including phenoxy) is 2. The summed E-state index contributed by atoms with van der Waals surface area (Å²) in [5, 5.41) is 13.9. The SMILES string of the molecule is CNC(=O)n1ccc2cc(Oc3ccnc(NC(=O)c4cnn(C5CCNCC5)c4)c3)c(OC)cc21. The summed E-state index contributed by atoms with van der Waals surface area (Å²) in [7, 11) is 3.10. The van der Waals surface area contributed by atoms with Crippen LogP contribution in [0.15, 0.2) is 55.1 Å². The van der Waals surface area contributed by atoms with Gasteiger partial charge in [0.2, 0.25) is 0 Å². The number of carbonyl (C=O) groups excluding carboxylic acids is 2. The summed E-state index contributed by atoms with van der Waals surface area (Å²) in [5.41, 5.74) is 1.15. The van der Waals surface area contributed by atoms with E-state index in [4.69, 9.17) is 9.47 Å². The number of methoxy groups -OCH3 is 1. The Morgan fingerprint density at radius 2 is 1.97 bits per heavy atom. The highest BCUT2D eigenvalue weighted by atomic mass is 16.5. The van der Waals surface area contributed by atoms with Crippen molar-refractivity contribution in [2.24, 2.45) is 0 Å². The molecule has 1 aliphatic rings. The van der Waals surface area contributed by atoms with Crippen molar-refractivity contribution in [3.63, 3.8) is 0 Å². The fourth-order valence-corrected chi connectivity index (χ4v) is 4.26. The first kappa shape index (κ1) is 23.4. The fraction of sp³-hybridized carbons (Fsp3) is 0.280. The lowest BCUT2D eigenvalue weighted by Crippen LogP contribution is -2.29. The largest absolute Gasteiger partial charge is 0.493 e. The summed E-state index contributed by atoms with van der Waals surface area (Å²) in [6.07, 6.45) is 8.54. The summed E-state index contributed by atoms with van der Waals surface area (Å²) in [6.45, 7) is 1.89. The van der Waals surface area contributed by atoms with Crippen molar-refractivity contribution in [3.8, 4) is 17.2 Å². The molecule has 0 spiro atoms. The zero-order valence-corrected chi connectivity index (χ0v) is 20.0. The van der Waals surface area contributed by atoms with Crippen LogP contribution in [0.25, 0.3) is 10.9 Å². The van der Waals surface area contributed by atoms with Gasteiger partial charge in [0, 0.05) is 43.2 Å². The maximum Gasteiger partial charge on any atom is 0.325 e. The highest BCUT2D eigenvalue weighted by Gasteiger charge is 2.18. The van der Waals surface area contributed by atoms with Crippen molar-refractivity contribution in [2.75, 3.05) is 32.6 Å². The second-order valence-corrected chi connectivity index (χ2v) is 8.43. The molecule has 11 heteroatoms. The molecule has 0 radical (unpaired) electrons. The van der Waals surface area contributed by atoms with Gasteiger partial charge in [-0.3, -0.25) is 14.0 Å². The minimum absolute atomic E-state index is 0.253. The summed E-state index contributed by atoms with van der Waals surface area (Å²) >= 11 is 0. The molecule has 1 aliphatic heterocycles. The Balaban J connectivity index is 1.32. The van der Waals surface area contributed by atoms with Crippen LogP contribution < -0.4 is 25.4 Å². The third-order valence-corrected chi connectivity index (χ3v) is 6.16. The van der Waals surface area contributed by atoms with Gasteiger partial charge in [-0.05, 0) is 44.1 Å². The number of rotatable bonds is 6. The molecule has 11 nitrogen and oxygen atoms in total. The smallest absolute Gasteiger partial charge is 0.325 e. The van der Waals surface area contributed by atoms with E-state index in [1.165, 1.54) is 11.7 Å². The Hall–Kier alpha value is -4.38. The van der Waals surface area contributed by atoms with Gasteiger partial charge in [0.1, 0.15) is 11.6 Å². The van der Waals surface area contributed by atoms with Gasteiger partial charge in [0.05, 0.1) is 30.4 Å². The molecule has 1 fully saturated rings. The monoisotopic (exact) mass is 489 g/mol. The van der Waals surface area contributed by atoms with Crippen molar-refractivity contribution >= 4 is 28.7 Å². The molecule has 0 bridgehead atoms. The number of amides is 2. The number of nitrogens with one attached hydrogen (secondary N) is 3.